The summed E-state index contributed by atoms with van der Waals surface area (Å²) >= 11 is 0. The van der Waals surface area contributed by atoms with Crippen LogP contribution < -0.4 is 15.5 Å². The van der Waals surface area contributed by atoms with Gasteiger partial charge < -0.3 is 15.5 Å². The first-order valence-electron chi connectivity index (χ1n) is 7.08. The van der Waals surface area contributed by atoms with Crippen LogP contribution in [-0.4, -0.2) is 42.1 Å². The number of carbonyl (C=O) groups is 1. The highest BCUT2D eigenvalue weighted by molar-refractivity contribution is 5.81. The third kappa shape index (κ3) is 5.03. The van der Waals surface area contributed by atoms with Gasteiger partial charge in [0.25, 0.3) is 0 Å². The van der Waals surface area contributed by atoms with Gasteiger partial charge in [-0.1, -0.05) is 6.92 Å². The molecule has 0 aliphatic carbocycles. The highest BCUT2D eigenvalue weighted by Gasteiger charge is 2.11. The summed E-state index contributed by atoms with van der Waals surface area (Å²) in [5, 5.41) is 6.06. The molecule has 0 saturated heterocycles. The topological polar surface area (TPSA) is 70.2 Å². The van der Waals surface area contributed by atoms with E-state index in [0.29, 0.717) is 0 Å². The molecule has 1 amide bonds. The van der Waals surface area contributed by atoms with Crippen LogP contribution in [0.2, 0.25) is 0 Å². The van der Waals surface area contributed by atoms with Gasteiger partial charge in [-0.25, -0.2) is 9.97 Å². The normalized spacial score (nSPS) is 10.5. The van der Waals surface area contributed by atoms with Gasteiger partial charge in [0, 0.05) is 32.1 Å². The van der Waals surface area contributed by atoms with Gasteiger partial charge in [-0.2, -0.15) is 0 Å². The number of hydrogen-bond donors (Lipinski definition) is 2. The minimum Gasteiger partial charge on any atom is -0.370 e. The number of likely N-dealkylation sites (N-methyl/N-ethyl adjacent to an activating group) is 1. The number of aryl methyl sites for hydroxylation is 1. The predicted octanol–water partition coefficient (Wildman–Crippen LogP) is 1.43. The first kappa shape index (κ1) is 16.2. The molecule has 0 spiro atoms. The summed E-state index contributed by atoms with van der Waals surface area (Å²) in [5.41, 5.74) is 0. The van der Waals surface area contributed by atoms with Crippen LogP contribution in [0.4, 0.5) is 11.6 Å². The zero-order valence-electron chi connectivity index (χ0n) is 13.0. The molecule has 0 aliphatic heterocycles. The molecule has 1 heterocycles. The van der Waals surface area contributed by atoms with Crippen molar-refractivity contribution in [3.63, 3.8) is 0 Å². The Balaban J connectivity index is 2.82. The summed E-state index contributed by atoms with van der Waals surface area (Å²) in [5.74, 6) is 2.32. The van der Waals surface area contributed by atoms with Crippen molar-refractivity contribution >= 4 is 17.5 Å². The van der Waals surface area contributed by atoms with Crippen molar-refractivity contribution < 1.29 is 4.79 Å². The molecule has 6 nitrogen and oxygen atoms in total. The highest BCUT2D eigenvalue weighted by atomic mass is 16.2. The van der Waals surface area contributed by atoms with Crippen molar-refractivity contribution in [2.75, 3.05) is 30.4 Å². The Morgan fingerprint density at radius 3 is 2.60 bits per heavy atom. The lowest BCUT2D eigenvalue weighted by atomic mass is 10.3. The van der Waals surface area contributed by atoms with Gasteiger partial charge in [-0.3, -0.25) is 4.79 Å². The highest BCUT2D eigenvalue weighted by Crippen LogP contribution is 2.15. The molecular weight excluding hydrogens is 254 g/mol. The molecule has 0 fully saturated rings. The minimum atomic E-state index is -0.0100. The standard InChI is InChI=1S/C14H25N5O/c1-6-11-17-12(15-7-2)8-13(18-11)19(5)9-14(20)16-10(3)4/h8,10H,6-7,9H2,1-5H3,(H,16,20)(H,15,17,18). The van der Waals surface area contributed by atoms with Gasteiger partial charge in [0.15, 0.2) is 0 Å². The van der Waals surface area contributed by atoms with Crippen molar-refractivity contribution in [3.05, 3.63) is 11.9 Å². The summed E-state index contributed by atoms with van der Waals surface area (Å²) in [7, 11) is 1.86. The second-order valence-electron chi connectivity index (χ2n) is 4.99. The van der Waals surface area contributed by atoms with E-state index < -0.39 is 0 Å². The Hall–Kier alpha value is -1.85. The van der Waals surface area contributed by atoms with Gasteiger partial charge in [0.2, 0.25) is 5.91 Å². The molecular formula is C14H25N5O. The molecule has 0 bridgehead atoms. The van der Waals surface area contributed by atoms with Crippen LogP contribution in [0.5, 0.6) is 0 Å². The quantitative estimate of drug-likeness (QED) is 0.790. The van der Waals surface area contributed by atoms with E-state index in [1.807, 2.05) is 45.7 Å². The minimum absolute atomic E-state index is 0.0100. The van der Waals surface area contributed by atoms with Gasteiger partial charge in [0.1, 0.15) is 17.5 Å². The van der Waals surface area contributed by atoms with E-state index in [2.05, 4.69) is 20.6 Å². The first-order chi connectivity index (χ1) is 9.46. The molecule has 0 radical (unpaired) electrons. The van der Waals surface area contributed by atoms with E-state index in [4.69, 9.17) is 0 Å². The molecule has 20 heavy (non-hydrogen) atoms. The Morgan fingerprint density at radius 2 is 2.05 bits per heavy atom. The van der Waals surface area contributed by atoms with Gasteiger partial charge >= 0.3 is 0 Å². The summed E-state index contributed by atoms with van der Waals surface area (Å²) in [4.78, 5) is 22.5. The number of rotatable bonds is 7. The Kier molecular flexibility index (Phi) is 6.21. The van der Waals surface area contributed by atoms with E-state index in [9.17, 15) is 4.79 Å². The molecule has 1 rings (SSSR count). The van der Waals surface area contributed by atoms with E-state index in [1.165, 1.54) is 0 Å². The molecule has 0 unspecified atom stereocenters. The van der Waals surface area contributed by atoms with E-state index in [-0.39, 0.29) is 18.5 Å². The first-order valence-corrected chi connectivity index (χ1v) is 7.08. The summed E-state index contributed by atoms with van der Waals surface area (Å²) in [6.45, 7) is 9.01. The van der Waals surface area contributed by atoms with Crippen molar-refractivity contribution in [2.24, 2.45) is 0 Å². The smallest absolute Gasteiger partial charge is 0.239 e. The lowest BCUT2D eigenvalue weighted by molar-refractivity contribution is -0.120. The largest absolute Gasteiger partial charge is 0.370 e. The zero-order chi connectivity index (χ0) is 15.1. The number of aromatic nitrogens is 2. The summed E-state index contributed by atoms with van der Waals surface area (Å²) in [6.07, 6.45) is 0.762. The average molecular weight is 279 g/mol. The molecule has 0 aliphatic rings. The fourth-order valence-corrected chi connectivity index (χ4v) is 1.77. The van der Waals surface area contributed by atoms with Crippen LogP contribution in [-0.2, 0) is 11.2 Å². The predicted molar refractivity (Wildman–Crippen MR) is 82.1 cm³/mol. The van der Waals surface area contributed by atoms with Crippen molar-refractivity contribution in [1.29, 1.82) is 0 Å². The third-order valence-electron chi connectivity index (χ3n) is 2.65. The number of nitrogens with zero attached hydrogens (tertiary/aromatic N) is 3. The fourth-order valence-electron chi connectivity index (χ4n) is 1.77. The van der Waals surface area contributed by atoms with Crippen LogP contribution in [0.1, 0.15) is 33.5 Å². The van der Waals surface area contributed by atoms with Crippen molar-refractivity contribution in [3.8, 4) is 0 Å². The average Bonchev–Trinajstić information content (AvgIpc) is 2.37. The lowest BCUT2D eigenvalue weighted by Gasteiger charge is -2.20. The van der Waals surface area contributed by atoms with Gasteiger partial charge in [-0.15, -0.1) is 0 Å². The van der Waals surface area contributed by atoms with Crippen LogP contribution >= 0.6 is 0 Å². The number of anilines is 2. The number of carbonyl (C=O) groups excluding carboxylic acids is 1. The SMILES string of the molecule is CCNc1cc(N(C)CC(=O)NC(C)C)nc(CC)n1. The third-order valence-corrected chi connectivity index (χ3v) is 2.65. The Bertz CT molecular complexity index is 447. The second-order valence-corrected chi connectivity index (χ2v) is 4.99. The number of amides is 1. The molecule has 6 heteroatoms. The van der Waals surface area contributed by atoms with Crippen molar-refractivity contribution in [2.45, 2.75) is 40.2 Å². The van der Waals surface area contributed by atoms with Crippen LogP contribution in [0.25, 0.3) is 0 Å². The summed E-state index contributed by atoms with van der Waals surface area (Å²) in [6, 6.07) is 2.01. The molecule has 2 N–H and O–H groups in total. The maximum atomic E-state index is 11.8. The molecule has 0 saturated carbocycles. The van der Waals surface area contributed by atoms with E-state index in [0.717, 1.165) is 30.4 Å². The van der Waals surface area contributed by atoms with Crippen LogP contribution in [0.15, 0.2) is 6.07 Å². The maximum absolute atomic E-state index is 11.8. The molecule has 0 atom stereocenters. The Labute approximate surface area is 121 Å². The lowest BCUT2D eigenvalue weighted by Crippen LogP contribution is -2.39. The summed E-state index contributed by atoms with van der Waals surface area (Å²) < 4.78 is 0. The van der Waals surface area contributed by atoms with Crippen LogP contribution in [0.3, 0.4) is 0 Å². The molecule has 1 aromatic heterocycles. The molecule has 1 aromatic rings. The fraction of sp³-hybridized carbons (Fsp3) is 0.643. The Morgan fingerprint density at radius 1 is 1.35 bits per heavy atom. The maximum Gasteiger partial charge on any atom is 0.239 e. The zero-order valence-corrected chi connectivity index (χ0v) is 13.0. The van der Waals surface area contributed by atoms with Crippen LogP contribution in [0, 0.1) is 0 Å². The number of nitrogens with one attached hydrogen (secondary N) is 2. The number of hydrogen-bond acceptors (Lipinski definition) is 5. The van der Waals surface area contributed by atoms with Gasteiger partial charge in [-0.05, 0) is 20.8 Å². The van der Waals surface area contributed by atoms with E-state index in [1.54, 1.807) is 0 Å². The molecule has 112 valence electrons. The second kappa shape index (κ2) is 7.67. The monoisotopic (exact) mass is 279 g/mol. The van der Waals surface area contributed by atoms with Gasteiger partial charge in [0.05, 0.1) is 6.54 Å². The van der Waals surface area contributed by atoms with Crippen molar-refractivity contribution in [1.82, 2.24) is 15.3 Å². The molecule has 0 aromatic carbocycles. The van der Waals surface area contributed by atoms with E-state index >= 15 is 0 Å².